The molecule has 7 heteroatoms. The van der Waals surface area contributed by atoms with E-state index in [-0.39, 0.29) is 12.6 Å². The Morgan fingerprint density at radius 2 is 1.93 bits per heavy atom. The number of nitrogens with two attached hydrogens (primary N) is 1. The van der Waals surface area contributed by atoms with Crippen molar-refractivity contribution >= 4 is 27.4 Å². The number of esters is 1. The standard InChI is InChI=1S/C20H18F3NO2S/c1-3-26-20(25)19-13(18-15(22)5-4-6-17(18)27-19)10-24-11(2)12-7-8-14(21)16(23)9-12/h4-9,11,24H,3,10H2,1-2H3/p+1/t11-/m0/s1. The molecule has 1 aromatic heterocycles. The first kappa shape index (κ1) is 19.4. The summed E-state index contributed by atoms with van der Waals surface area (Å²) in [5.41, 5.74) is 1.16. The Morgan fingerprint density at radius 3 is 2.63 bits per heavy atom. The van der Waals surface area contributed by atoms with Crippen LogP contribution in [0.4, 0.5) is 13.2 Å². The number of benzene rings is 2. The predicted molar refractivity (Wildman–Crippen MR) is 98.1 cm³/mol. The first-order chi connectivity index (χ1) is 12.9. The van der Waals surface area contributed by atoms with Crippen LogP contribution in [0.3, 0.4) is 0 Å². The Hall–Kier alpha value is -2.38. The second-order valence-corrected chi connectivity index (χ2v) is 7.20. The maximum absolute atomic E-state index is 14.4. The molecule has 0 spiro atoms. The maximum atomic E-state index is 14.4. The molecule has 0 unspecified atom stereocenters. The van der Waals surface area contributed by atoms with Crippen molar-refractivity contribution in [2.75, 3.05) is 6.61 Å². The zero-order chi connectivity index (χ0) is 19.6. The Morgan fingerprint density at radius 1 is 1.15 bits per heavy atom. The van der Waals surface area contributed by atoms with Gasteiger partial charge in [0.15, 0.2) is 11.6 Å². The minimum atomic E-state index is -0.910. The maximum Gasteiger partial charge on any atom is 0.348 e. The molecular formula is C20H19F3NO2S+. The van der Waals surface area contributed by atoms with E-state index in [0.717, 1.165) is 12.1 Å². The fraction of sp³-hybridized carbons (Fsp3) is 0.250. The average Bonchev–Trinajstić information content (AvgIpc) is 3.02. The monoisotopic (exact) mass is 394 g/mol. The lowest BCUT2D eigenvalue weighted by molar-refractivity contribution is -0.707. The van der Waals surface area contributed by atoms with Gasteiger partial charge in [-0.15, -0.1) is 11.3 Å². The van der Waals surface area contributed by atoms with Crippen LogP contribution in [0.25, 0.3) is 10.1 Å². The normalized spacial score (nSPS) is 12.3. The molecule has 0 amide bonds. The van der Waals surface area contributed by atoms with Gasteiger partial charge in [-0.05, 0) is 44.2 Å². The Balaban J connectivity index is 1.91. The lowest BCUT2D eigenvalue weighted by Gasteiger charge is -2.12. The molecule has 0 aliphatic rings. The van der Waals surface area contributed by atoms with E-state index < -0.39 is 23.4 Å². The van der Waals surface area contributed by atoms with E-state index in [1.165, 1.54) is 23.5 Å². The summed E-state index contributed by atoms with van der Waals surface area (Å²) in [4.78, 5) is 12.7. The summed E-state index contributed by atoms with van der Waals surface area (Å²) in [5.74, 6) is -2.70. The lowest BCUT2D eigenvalue weighted by atomic mass is 10.1. The third kappa shape index (κ3) is 3.99. The molecule has 142 valence electrons. The number of fused-ring (bicyclic) bond motifs is 1. The number of rotatable bonds is 6. The second-order valence-electron chi connectivity index (χ2n) is 6.15. The number of quaternary nitrogens is 1. The van der Waals surface area contributed by atoms with E-state index in [9.17, 15) is 18.0 Å². The Bertz CT molecular complexity index is 987. The van der Waals surface area contributed by atoms with E-state index in [2.05, 4.69) is 0 Å². The van der Waals surface area contributed by atoms with Gasteiger partial charge in [0.2, 0.25) is 0 Å². The minimum absolute atomic E-state index is 0.211. The third-order valence-corrected chi connectivity index (χ3v) is 5.55. The number of hydrogen-bond acceptors (Lipinski definition) is 3. The van der Waals surface area contributed by atoms with Crippen molar-refractivity contribution in [3.63, 3.8) is 0 Å². The topological polar surface area (TPSA) is 42.9 Å². The first-order valence-electron chi connectivity index (χ1n) is 8.57. The quantitative estimate of drug-likeness (QED) is 0.633. The summed E-state index contributed by atoms with van der Waals surface area (Å²) < 4.78 is 46.8. The molecule has 0 saturated heterocycles. The fourth-order valence-corrected chi connectivity index (χ4v) is 4.09. The van der Waals surface area contributed by atoms with Crippen LogP contribution in [0.2, 0.25) is 0 Å². The molecule has 1 atom stereocenters. The summed E-state index contributed by atoms with van der Waals surface area (Å²) in [5, 5.41) is 2.25. The van der Waals surface area contributed by atoms with Crippen LogP contribution in [-0.2, 0) is 11.3 Å². The van der Waals surface area contributed by atoms with Crippen LogP contribution >= 0.6 is 11.3 Å². The van der Waals surface area contributed by atoms with E-state index in [4.69, 9.17) is 4.74 Å². The molecule has 0 fully saturated rings. The van der Waals surface area contributed by atoms with Gasteiger partial charge in [-0.1, -0.05) is 6.07 Å². The molecule has 0 bridgehead atoms. The van der Waals surface area contributed by atoms with Gasteiger partial charge >= 0.3 is 5.97 Å². The molecule has 3 nitrogen and oxygen atoms in total. The number of hydrogen-bond donors (Lipinski definition) is 1. The minimum Gasteiger partial charge on any atom is -0.462 e. The first-order valence-corrected chi connectivity index (χ1v) is 9.39. The number of carbonyl (C=O) groups excluding carboxylic acids is 1. The van der Waals surface area contributed by atoms with Crippen molar-refractivity contribution in [3.8, 4) is 0 Å². The van der Waals surface area contributed by atoms with Crippen LogP contribution in [0, 0.1) is 17.5 Å². The lowest BCUT2D eigenvalue weighted by Crippen LogP contribution is -2.83. The number of halogens is 3. The van der Waals surface area contributed by atoms with Gasteiger partial charge < -0.3 is 10.1 Å². The largest absolute Gasteiger partial charge is 0.462 e. The van der Waals surface area contributed by atoms with Crippen LogP contribution in [0.15, 0.2) is 36.4 Å². The summed E-state index contributed by atoms with van der Waals surface area (Å²) in [6, 6.07) is 8.24. The van der Waals surface area contributed by atoms with Crippen molar-refractivity contribution < 1.29 is 28.0 Å². The summed E-state index contributed by atoms with van der Waals surface area (Å²) in [6.07, 6.45) is 0. The van der Waals surface area contributed by atoms with Crippen LogP contribution in [-0.4, -0.2) is 12.6 Å². The van der Waals surface area contributed by atoms with Crippen molar-refractivity contribution in [2.24, 2.45) is 0 Å². The van der Waals surface area contributed by atoms with E-state index in [0.29, 0.717) is 32.6 Å². The van der Waals surface area contributed by atoms with Crippen LogP contribution < -0.4 is 5.32 Å². The van der Waals surface area contributed by atoms with Gasteiger partial charge in [0.25, 0.3) is 0 Å². The van der Waals surface area contributed by atoms with E-state index in [1.54, 1.807) is 19.1 Å². The van der Waals surface area contributed by atoms with Gasteiger partial charge in [0.1, 0.15) is 23.3 Å². The second kappa shape index (κ2) is 8.10. The predicted octanol–water partition coefficient (Wildman–Crippen LogP) is 4.32. The van der Waals surface area contributed by atoms with Crippen molar-refractivity contribution in [1.29, 1.82) is 0 Å². The zero-order valence-corrected chi connectivity index (χ0v) is 15.7. The van der Waals surface area contributed by atoms with E-state index in [1.807, 2.05) is 12.2 Å². The highest BCUT2D eigenvalue weighted by Crippen LogP contribution is 2.33. The van der Waals surface area contributed by atoms with Gasteiger partial charge in [-0.25, -0.2) is 18.0 Å². The molecular weight excluding hydrogens is 375 g/mol. The molecule has 2 aromatic carbocycles. The summed E-state index contributed by atoms with van der Waals surface area (Å²) in [6.45, 7) is 4.07. The van der Waals surface area contributed by atoms with Crippen LogP contribution in [0.1, 0.15) is 40.7 Å². The zero-order valence-electron chi connectivity index (χ0n) is 14.9. The molecule has 27 heavy (non-hydrogen) atoms. The molecule has 3 aromatic rings. The molecule has 0 radical (unpaired) electrons. The fourth-order valence-electron chi connectivity index (χ4n) is 2.95. The van der Waals surface area contributed by atoms with Gasteiger partial charge in [-0.3, -0.25) is 0 Å². The van der Waals surface area contributed by atoms with Gasteiger partial charge in [0.05, 0.1) is 6.61 Å². The molecule has 2 N–H and O–H groups in total. The number of thiophene rings is 1. The van der Waals surface area contributed by atoms with Crippen LogP contribution in [0.5, 0.6) is 0 Å². The van der Waals surface area contributed by atoms with E-state index >= 15 is 0 Å². The van der Waals surface area contributed by atoms with Crippen molar-refractivity contribution in [1.82, 2.24) is 0 Å². The highest BCUT2D eigenvalue weighted by atomic mass is 32.1. The Labute approximate surface area is 158 Å². The average molecular weight is 394 g/mol. The number of carbonyl (C=O) groups is 1. The van der Waals surface area contributed by atoms with Gasteiger partial charge in [-0.2, -0.15) is 0 Å². The summed E-state index contributed by atoms with van der Waals surface area (Å²) >= 11 is 1.19. The van der Waals surface area contributed by atoms with Crippen molar-refractivity contribution in [3.05, 3.63) is 69.9 Å². The molecule has 3 rings (SSSR count). The molecule has 0 saturated carbocycles. The highest BCUT2D eigenvalue weighted by Gasteiger charge is 2.24. The van der Waals surface area contributed by atoms with Crippen molar-refractivity contribution in [2.45, 2.75) is 26.4 Å². The molecule has 0 aliphatic heterocycles. The SMILES string of the molecule is CCOC(=O)c1sc2cccc(F)c2c1C[NH2+][C@@H](C)c1ccc(F)c(F)c1. The third-order valence-electron chi connectivity index (χ3n) is 4.37. The highest BCUT2D eigenvalue weighted by molar-refractivity contribution is 7.21. The molecule has 0 aliphatic carbocycles. The summed E-state index contributed by atoms with van der Waals surface area (Å²) in [7, 11) is 0. The Kier molecular flexibility index (Phi) is 5.82. The number of ether oxygens (including phenoxy) is 1. The molecule has 1 heterocycles. The smallest absolute Gasteiger partial charge is 0.348 e. The van der Waals surface area contributed by atoms with Gasteiger partial charge in [0, 0.05) is 21.2 Å².